The molecule has 1 heteroatoms. The molecule has 4 aliphatic rings. The lowest BCUT2D eigenvalue weighted by atomic mass is 9.67. The molecule has 1 nitrogen and oxygen atoms in total. The lowest BCUT2D eigenvalue weighted by Crippen LogP contribution is -2.47. The molecule has 0 aromatic rings. The highest BCUT2D eigenvalue weighted by atomic mass is 14.9. The molecule has 4 rings (SSSR count). The summed E-state index contributed by atoms with van der Waals surface area (Å²) >= 11 is 0. The molecular weight excluding hydrogens is 206 g/mol. The van der Waals surface area contributed by atoms with Crippen LogP contribution in [0.2, 0.25) is 0 Å². The molecule has 0 amide bonds. The van der Waals surface area contributed by atoms with Crippen molar-refractivity contribution < 1.29 is 0 Å². The van der Waals surface area contributed by atoms with Crippen molar-refractivity contribution in [3.63, 3.8) is 0 Å². The number of nitrogens with one attached hydrogen (secondary N) is 1. The van der Waals surface area contributed by atoms with Gasteiger partial charge in [0.1, 0.15) is 0 Å². The number of rotatable bonds is 0. The van der Waals surface area contributed by atoms with Crippen molar-refractivity contribution in [2.24, 2.45) is 29.6 Å². The summed E-state index contributed by atoms with van der Waals surface area (Å²) in [4.78, 5) is 0. The van der Waals surface area contributed by atoms with E-state index in [0.717, 1.165) is 35.6 Å². The van der Waals surface area contributed by atoms with Gasteiger partial charge >= 0.3 is 0 Å². The largest absolute Gasteiger partial charge is 0.314 e. The van der Waals surface area contributed by atoms with Crippen LogP contribution in [0, 0.1) is 29.6 Å². The van der Waals surface area contributed by atoms with Gasteiger partial charge in [-0.1, -0.05) is 19.3 Å². The third kappa shape index (κ3) is 1.77. The Morgan fingerprint density at radius 2 is 1.53 bits per heavy atom. The van der Waals surface area contributed by atoms with E-state index in [1.54, 1.807) is 25.7 Å². The Labute approximate surface area is 106 Å². The SMILES string of the molecule is C1CNC2CC3CC4CCCCC4C3CC2C1. The van der Waals surface area contributed by atoms with Gasteiger partial charge in [-0.2, -0.15) is 0 Å². The number of hydrogen-bond donors (Lipinski definition) is 1. The van der Waals surface area contributed by atoms with E-state index in [0.29, 0.717) is 0 Å². The minimum atomic E-state index is 0.908. The van der Waals surface area contributed by atoms with Gasteiger partial charge in [0.2, 0.25) is 0 Å². The van der Waals surface area contributed by atoms with Gasteiger partial charge in [-0.25, -0.2) is 0 Å². The topological polar surface area (TPSA) is 12.0 Å². The second-order valence-corrected chi connectivity index (χ2v) is 7.30. The van der Waals surface area contributed by atoms with Gasteiger partial charge in [0.05, 0.1) is 0 Å². The van der Waals surface area contributed by atoms with Crippen molar-refractivity contribution >= 4 is 0 Å². The average Bonchev–Trinajstić information content (AvgIpc) is 2.73. The molecule has 3 aliphatic carbocycles. The summed E-state index contributed by atoms with van der Waals surface area (Å²) in [5, 5.41) is 3.81. The van der Waals surface area contributed by atoms with Crippen LogP contribution in [0.3, 0.4) is 0 Å². The molecule has 96 valence electrons. The Morgan fingerprint density at radius 3 is 2.53 bits per heavy atom. The van der Waals surface area contributed by atoms with Crippen molar-refractivity contribution in [2.45, 2.75) is 63.8 Å². The van der Waals surface area contributed by atoms with Crippen LogP contribution < -0.4 is 5.32 Å². The minimum absolute atomic E-state index is 0.908. The smallest absolute Gasteiger partial charge is 0.00981 e. The van der Waals surface area contributed by atoms with Gasteiger partial charge in [0.15, 0.2) is 0 Å². The Morgan fingerprint density at radius 1 is 0.647 bits per heavy atom. The summed E-state index contributed by atoms with van der Waals surface area (Å²) in [5.41, 5.74) is 0. The van der Waals surface area contributed by atoms with Crippen LogP contribution in [0.1, 0.15) is 57.8 Å². The summed E-state index contributed by atoms with van der Waals surface area (Å²) in [7, 11) is 0. The van der Waals surface area contributed by atoms with Gasteiger partial charge in [-0.05, 0) is 74.7 Å². The monoisotopic (exact) mass is 233 g/mol. The van der Waals surface area contributed by atoms with Gasteiger partial charge in [0.25, 0.3) is 0 Å². The van der Waals surface area contributed by atoms with Crippen LogP contribution in [-0.2, 0) is 0 Å². The predicted octanol–water partition coefficient (Wildman–Crippen LogP) is 3.59. The first-order valence-electron chi connectivity index (χ1n) is 8.15. The quantitative estimate of drug-likeness (QED) is 0.674. The van der Waals surface area contributed by atoms with Crippen molar-refractivity contribution in [1.29, 1.82) is 0 Å². The number of piperidine rings is 1. The molecule has 0 bridgehead atoms. The molecule has 6 unspecified atom stereocenters. The zero-order valence-electron chi connectivity index (χ0n) is 11.0. The molecule has 0 radical (unpaired) electrons. The number of fused-ring (bicyclic) bond motifs is 4. The Kier molecular flexibility index (Phi) is 2.72. The first-order chi connectivity index (χ1) is 8.42. The molecule has 0 aromatic carbocycles. The maximum absolute atomic E-state index is 3.81. The molecule has 0 aromatic heterocycles. The molecule has 4 fully saturated rings. The van der Waals surface area contributed by atoms with E-state index >= 15 is 0 Å². The molecule has 1 N–H and O–H groups in total. The molecule has 1 saturated heterocycles. The third-order valence-electron chi connectivity index (χ3n) is 6.59. The fraction of sp³-hybridized carbons (Fsp3) is 1.00. The van der Waals surface area contributed by atoms with E-state index in [4.69, 9.17) is 0 Å². The average molecular weight is 233 g/mol. The Hall–Kier alpha value is -0.0400. The molecule has 6 atom stereocenters. The lowest BCUT2D eigenvalue weighted by molar-refractivity contribution is 0.0964. The summed E-state index contributed by atoms with van der Waals surface area (Å²) in [6.45, 7) is 1.30. The van der Waals surface area contributed by atoms with Crippen molar-refractivity contribution in [2.75, 3.05) is 6.54 Å². The molecule has 1 aliphatic heterocycles. The highest BCUT2D eigenvalue weighted by molar-refractivity contribution is 5.00. The standard InChI is InChI=1S/C16H27N/c1-2-6-14-11(4-1)8-13-10-16-12(9-15(13)14)5-3-7-17-16/h11-17H,1-10H2. The summed E-state index contributed by atoms with van der Waals surface area (Å²) < 4.78 is 0. The van der Waals surface area contributed by atoms with E-state index in [2.05, 4.69) is 5.32 Å². The first-order valence-corrected chi connectivity index (χ1v) is 8.15. The maximum Gasteiger partial charge on any atom is 0.00981 e. The van der Waals surface area contributed by atoms with Crippen LogP contribution in [0.15, 0.2) is 0 Å². The predicted molar refractivity (Wildman–Crippen MR) is 70.8 cm³/mol. The Bertz CT molecular complexity index is 285. The number of hydrogen-bond acceptors (Lipinski definition) is 1. The molecule has 1 heterocycles. The second-order valence-electron chi connectivity index (χ2n) is 7.30. The minimum Gasteiger partial charge on any atom is -0.314 e. The van der Waals surface area contributed by atoms with Crippen LogP contribution in [0.25, 0.3) is 0 Å². The van der Waals surface area contributed by atoms with Crippen LogP contribution in [0.4, 0.5) is 0 Å². The van der Waals surface area contributed by atoms with Crippen LogP contribution >= 0.6 is 0 Å². The van der Waals surface area contributed by atoms with Gasteiger partial charge < -0.3 is 5.32 Å². The normalized spacial score (nSPS) is 53.6. The van der Waals surface area contributed by atoms with Crippen LogP contribution in [0.5, 0.6) is 0 Å². The molecular formula is C16H27N. The second kappa shape index (κ2) is 4.26. The molecule has 3 saturated carbocycles. The summed E-state index contributed by atoms with van der Waals surface area (Å²) in [6.07, 6.45) is 13.9. The molecule has 17 heavy (non-hydrogen) atoms. The third-order valence-corrected chi connectivity index (χ3v) is 6.59. The van der Waals surface area contributed by atoms with E-state index in [1.807, 2.05) is 0 Å². The zero-order chi connectivity index (χ0) is 11.2. The zero-order valence-corrected chi connectivity index (χ0v) is 11.0. The van der Waals surface area contributed by atoms with Gasteiger partial charge in [-0.3, -0.25) is 0 Å². The summed E-state index contributed by atoms with van der Waals surface area (Å²) in [5.74, 6) is 5.58. The highest BCUT2D eigenvalue weighted by Gasteiger charge is 2.48. The van der Waals surface area contributed by atoms with Crippen molar-refractivity contribution in [3.05, 3.63) is 0 Å². The Balaban J connectivity index is 1.52. The van der Waals surface area contributed by atoms with E-state index < -0.39 is 0 Å². The van der Waals surface area contributed by atoms with Gasteiger partial charge in [-0.15, -0.1) is 0 Å². The fourth-order valence-electron chi connectivity index (χ4n) is 5.90. The highest BCUT2D eigenvalue weighted by Crippen LogP contribution is 2.55. The van der Waals surface area contributed by atoms with Crippen molar-refractivity contribution in [1.82, 2.24) is 5.32 Å². The van der Waals surface area contributed by atoms with E-state index in [-0.39, 0.29) is 0 Å². The maximum atomic E-state index is 3.81. The fourth-order valence-corrected chi connectivity index (χ4v) is 5.90. The van der Waals surface area contributed by atoms with Crippen molar-refractivity contribution in [3.8, 4) is 0 Å². The first kappa shape index (κ1) is 10.8. The van der Waals surface area contributed by atoms with E-state index in [1.165, 1.54) is 38.6 Å². The summed E-state index contributed by atoms with van der Waals surface area (Å²) in [6, 6.07) is 0.908. The van der Waals surface area contributed by atoms with Crippen LogP contribution in [-0.4, -0.2) is 12.6 Å². The molecule has 0 spiro atoms. The van der Waals surface area contributed by atoms with Gasteiger partial charge in [0, 0.05) is 6.04 Å². The van der Waals surface area contributed by atoms with E-state index in [9.17, 15) is 0 Å². The lowest BCUT2D eigenvalue weighted by Gasteiger charge is -2.44.